The summed E-state index contributed by atoms with van der Waals surface area (Å²) in [6, 6.07) is 6.49. The molecular weight excluding hydrogens is 241 g/mol. The van der Waals surface area contributed by atoms with Crippen LogP contribution in [0, 0.1) is 5.82 Å². The summed E-state index contributed by atoms with van der Waals surface area (Å²) in [5, 5.41) is 8.10. The maximum Gasteiger partial charge on any atom is 0.164 e. The third-order valence-corrected chi connectivity index (χ3v) is 2.72. The molecule has 90 valence electrons. The molecule has 0 saturated carbocycles. The zero-order valence-electron chi connectivity index (χ0n) is 9.69. The Balaban J connectivity index is 2.56. The first-order valence-corrected chi connectivity index (χ1v) is 5.92. The van der Waals surface area contributed by atoms with E-state index in [9.17, 15) is 4.39 Å². The van der Waals surface area contributed by atoms with Gasteiger partial charge in [0.2, 0.25) is 0 Å². The first-order valence-electron chi connectivity index (χ1n) is 5.39. The highest BCUT2D eigenvalue weighted by Gasteiger charge is 2.15. The Bertz CT molecular complexity index is 522. The van der Waals surface area contributed by atoms with Crippen LogP contribution in [-0.2, 0) is 5.88 Å². The standard InChI is InChI=1S/C12H13ClFN3/c1-8(2)17-11(7-13)15-16-12(17)9-4-3-5-10(14)6-9/h3-6,8H,7H2,1-2H3. The number of nitrogens with zero attached hydrogens (tertiary/aromatic N) is 3. The van der Waals surface area contributed by atoms with Gasteiger partial charge in [0.05, 0.1) is 5.88 Å². The van der Waals surface area contributed by atoms with E-state index in [1.54, 1.807) is 6.07 Å². The Kier molecular flexibility index (Phi) is 3.43. The van der Waals surface area contributed by atoms with Gasteiger partial charge in [-0.05, 0) is 26.0 Å². The molecule has 0 bridgehead atoms. The molecule has 0 spiro atoms. The van der Waals surface area contributed by atoms with Crippen molar-refractivity contribution in [3.8, 4) is 11.4 Å². The van der Waals surface area contributed by atoms with E-state index in [1.165, 1.54) is 12.1 Å². The Morgan fingerprint density at radius 3 is 2.71 bits per heavy atom. The molecule has 0 N–H and O–H groups in total. The van der Waals surface area contributed by atoms with Crippen molar-refractivity contribution in [3.63, 3.8) is 0 Å². The summed E-state index contributed by atoms with van der Waals surface area (Å²) in [5.41, 5.74) is 0.711. The molecule has 0 unspecified atom stereocenters. The fourth-order valence-electron chi connectivity index (χ4n) is 1.78. The smallest absolute Gasteiger partial charge is 0.164 e. The fourth-order valence-corrected chi connectivity index (χ4v) is 1.96. The highest BCUT2D eigenvalue weighted by atomic mass is 35.5. The van der Waals surface area contributed by atoms with Crippen LogP contribution < -0.4 is 0 Å². The van der Waals surface area contributed by atoms with E-state index in [0.717, 1.165) is 0 Å². The molecule has 0 aliphatic rings. The normalized spacial score (nSPS) is 11.1. The van der Waals surface area contributed by atoms with Gasteiger partial charge in [0, 0.05) is 11.6 Å². The number of aromatic nitrogens is 3. The minimum absolute atomic E-state index is 0.178. The maximum atomic E-state index is 13.2. The first kappa shape index (κ1) is 12.0. The highest BCUT2D eigenvalue weighted by Crippen LogP contribution is 2.23. The monoisotopic (exact) mass is 253 g/mol. The molecule has 17 heavy (non-hydrogen) atoms. The highest BCUT2D eigenvalue weighted by molar-refractivity contribution is 6.16. The molecule has 1 aromatic heterocycles. The van der Waals surface area contributed by atoms with Gasteiger partial charge in [0.25, 0.3) is 0 Å². The molecule has 0 aliphatic carbocycles. The van der Waals surface area contributed by atoms with Gasteiger partial charge in [0.1, 0.15) is 11.6 Å². The quantitative estimate of drug-likeness (QED) is 0.785. The van der Waals surface area contributed by atoms with Crippen LogP contribution in [0.2, 0.25) is 0 Å². The molecule has 2 aromatic rings. The molecule has 3 nitrogen and oxygen atoms in total. The van der Waals surface area contributed by atoms with Crippen molar-refractivity contribution in [2.75, 3.05) is 0 Å². The lowest BCUT2D eigenvalue weighted by Crippen LogP contribution is -2.07. The SMILES string of the molecule is CC(C)n1c(CCl)nnc1-c1cccc(F)c1. The Morgan fingerprint density at radius 1 is 1.35 bits per heavy atom. The molecule has 0 fully saturated rings. The Hall–Kier alpha value is -1.42. The summed E-state index contributed by atoms with van der Waals surface area (Å²) in [7, 11) is 0. The summed E-state index contributed by atoms with van der Waals surface area (Å²) in [4.78, 5) is 0. The van der Waals surface area contributed by atoms with E-state index >= 15 is 0 Å². The van der Waals surface area contributed by atoms with E-state index in [4.69, 9.17) is 11.6 Å². The van der Waals surface area contributed by atoms with Crippen molar-refractivity contribution in [2.24, 2.45) is 0 Å². The average Bonchev–Trinajstić information content (AvgIpc) is 2.72. The van der Waals surface area contributed by atoms with Gasteiger partial charge in [-0.1, -0.05) is 12.1 Å². The van der Waals surface area contributed by atoms with Gasteiger partial charge >= 0.3 is 0 Å². The number of hydrogen-bond donors (Lipinski definition) is 0. The van der Waals surface area contributed by atoms with Gasteiger partial charge in [-0.25, -0.2) is 4.39 Å². The zero-order chi connectivity index (χ0) is 12.4. The van der Waals surface area contributed by atoms with E-state index in [0.29, 0.717) is 23.1 Å². The summed E-state index contributed by atoms with van der Waals surface area (Å²) in [5.74, 6) is 1.35. The number of rotatable bonds is 3. The van der Waals surface area contributed by atoms with Gasteiger partial charge < -0.3 is 4.57 Å². The van der Waals surface area contributed by atoms with E-state index < -0.39 is 0 Å². The first-order chi connectivity index (χ1) is 8.13. The second-order valence-electron chi connectivity index (χ2n) is 4.05. The van der Waals surface area contributed by atoms with Crippen LogP contribution in [0.3, 0.4) is 0 Å². The minimum Gasteiger partial charge on any atom is -0.307 e. The van der Waals surface area contributed by atoms with Crippen LogP contribution in [0.15, 0.2) is 24.3 Å². The Labute approximate surface area is 104 Å². The lowest BCUT2D eigenvalue weighted by atomic mass is 10.2. The van der Waals surface area contributed by atoms with Gasteiger partial charge in [0.15, 0.2) is 5.82 Å². The number of hydrogen-bond acceptors (Lipinski definition) is 2. The van der Waals surface area contributed by atoms with Crippen molar-refractivity contribution in [1.82, 2.24) is 14.8 Å². The second-order valence-corrected chi connectivity index (χ2v) is 4.31. The van der Waals surface area contributed by atoms with Crippen LogP contribution in [0.1, 0.15) is 25.7 Å². The summed E-state index contributed by atoms with van der Waals surface area (Å²) in [6.07, 6.45) is 0. The predicted molar refractivity (Wildman–Crippen MR) is 65.4 cm³/mol. The molecule has 0 saturated heterocycles. The van der Waals surface area contributed by atoms with Crippen molar-refractivity contribution in [3.05, 3.63) is 35.9 Å². The summed E-state index contributed by atoms with van der Waals surface area (Å²) < 4.78 is 15.1. The topological polar surface area (TPSA) is 30.7 Å². The van der Waals surface area contributed by atoms with Crippen molar-refractivity contribution < 1.29 is 4.39 Å². The zero-order valence-corrected chi connectivity index (χ0v) is 10.4. The number of halogens is 2. The molecule has 5 heteroatoms. The van der Waals surface area contributed by atoms with Crippen molar-refractivity contribution in [1.29, 1.82) is 0 Å². The molecular formula is C12H13ClFN3. The molecule has 1 heterocycles. The summed E-state index contributed by atoms with van der Waals surface area (Å²) >= 11 is 5.81. The third kappa shape index (κ3) is 2.31. The number of benzene rings is 1. The Morgan fingerprint density at radius 2 is 2.12 bits per heavy atom. The lowest BCUT2D eigenvalue weighted by Gasteiger charge is -2.12. The van der Waals surface area contributed by atoms with E-state index in [2.05, 4.69) is 10.2 Å². The molecule has 0 radical (unpaired) electrons. The minimum atomic E-state index is -0.284. The van der Waals surface area contributed by atoms with Gasteiger partial charge in [-0.15, -0.1) is 21.8 Å². The van der Waals surface area contributed by atoms with Crippen molar-refractivity contribution in [2.45, 2.75) is 25.8 Å². The van der Waals surface area contributed by atoms with Crippen molar-refractivity contribution >= 4 is 11.6 Å². The average molecular weight is 254 g/mol. The largest absolute Gasteiger partial charge is 0.307 e. The van der Waals surface area contributed by atoms with Gasteiger partial charge in [-0.3, -0.25) is 0 Å². The maximum absolute atomic E-state index is 13.2. The molecule has 0 atom stereocenters. The van der Waals surface area contributed by atoms with Crippen LogP contribution in [0.4, 0.5) is 4.39 Å². The lowest BCUT2D eigenvalue weighted by molar-refractivity contribution is 0.584. The second kappa shape index (κ2) is 4.84. The third-order valence-electron chi connectivity index (χ3n) is 2.49. The van der Waals surface area contributed by atoms with Crippen LogP contribution in [-0.4, -0.2) is 14.8 Å². The summed E-state index contributed by atoms with van der Waals surface area (Å²) in [6.45, 7) is 4.03. The van der Waals surface area contributed by atoms with E-state index in [1.807, 2.05) is 24.5 Å². The molecule has 2 rings (SSSR count). The van der Waals surface area contributed by atoms with Crippen LogP contribution in [0.5, 0.6) is 0 Å². The fraction of sp³-hybridized carbons (Fsp3) is 0.333. The predicted octanol–water partition coefficient (Wildman–Crippen LogP) is 3.40. The molecule has 0 aliphatic heterocycles. The van der Waals surface area contributed by atoms with E-state index in [-0.39, 0.29) is 11.9 Å². The van der Waals surface area contributed by atoms with Crippen LogP contribution >= 0.6 is 11.6 Å². The molecule has 0 amide bonds. The molecule has 1 aromatic carbocycles. The van der Waals surface area contributed by atoms with Crippen LogP contribution in [0.25, 0.3) is 11.4 Å². The van der Waals surface area contributed by atoms with Gasteiger partial charge in [-0.2, -0.15) is 0 Å². The number of alkyl halides is 1.